The van der Waals surface area contributed by atoms with E-state index >= 15 is 0 Å². The number of carbonyl (C=O) groups is 2. The van der Waals surface area contributed by atoms with Gasteiger partial charge in [-0.05, 0) is 55.7 Å². The summed E-state index contributed by atoms with van der Waals surface area (Å²) in [7, 11) is 0. The highest BCUT2D eigenvalue weighted by Gasteiger charge is 2.41. The largest absolute Gasteiger partial charge is 0.486 e. The molecule has 2 aliphatic rings. The van der Waals surface area contributed by atoms with E-state index in [-0.39, 0.29) is 23.8 Å². The molecule has 3 atom stereocenters. The van der Waals surface area contributed by atoms with Crippen molar-refractivity contribution in [3.8, 4) is 22.8 Å². The summed E-state index contributed by atoms with van der Waals surface area (Å²) in [6.45, 7) is 4.69. The lowest BCUT2D eigenvalue weighted by molar-refractivity contribution is -0.118. The van der Waals surface area contributed by atoms with E-state index in [4.69, 9.17) is 9.47 Å². The van der Waals surface area contributed by atoms with Gasteiger partial charge in [-0.1, -0.05) is 31.2 Å². The van der Waals surface area contributed by atoms with Crippen LogP contribution in [0.3, 0.4) is 0 Å². The van der Waals surface area contributed by atoms with Crippen LogP contribution in [0.5, 0.6) is 11.6 Å². The van der Waals surface area contributed by atoms with Crippen molar-refractivity contribution in [1.29, 1.82) is 0 Å². The third-order valence-corrected chi connectivity index (χ3v) is 6.62. The molecule has 1 fully saturated rings. The first kappa shape index (κ1) is 22.9. The number of nitrogens with one attached hydrogen (secondary N) is 1. The molecule has 7 nitrogen and oxygen atoms in total. The standard InChI is InChI=1S/C28H29N3O4/c1-3-23-16-31(28(33)30-22-7-5-4-6-8-22)25-11-9-19(14-26(25)35-23)20-10-12-27(29-15-20)34-17-21-13-24(21)18(2)32/h4-12,14-15,21,23-24H,3,13,16-17H2,1-2H3,(H,30,33). The molecular formula is C28H29N3O4. The van der Waals surface area contributed by atoms with E-state index in [0.29, 0.717) is 30.7 Å². The Labute approximate surface area is 205 Å². The van der Waals surface area contributed by atoms with Gasteiger partial charge in [-0.2, -0.15) is 0 Å². The number of Topliss-reactive ketones (excluding diaryl/α,β-unsaturated/α-hetero) is 1. The number of ether oxygens (including phenoxy) is 2. The number of urea groups is 1. The molecular weight excluding hydrogens is 442 g/mol. The molecule has 2 aromatic carbocycles. The Kier molecular flexibility index (Phi) is 6.40. The minimum atomic E-state index is -0.183. The summed E-state index contributed by atoms with van der Waals surface area (Å²) in [6, 6.07) is 18.9. The summed E-state index contributed by atoms with van der Waals surface area (Å²) < 4.78 is 12.0. The molecule has 1 aromatic heterocycles. The second-order valence-corrected chi connectivity index (χ2v) is 9.15. The zero-order valence-electron chi connectivity index (χ0n) is 19.9. The zero-order chi connectivity index (χ0) is 24.4. The second kappa shape index (κ2) is 9.78. The van der Waals surface area contributed by atoms with Crippen molar-refractivity contribution in [2.24, 2.45) is 11.8 Å². The minimum absolute atomic E-state index is 0.0885. The van der Waals surface area contributed by atoms with Gasteiger partial charge in [0.05, 0.1) is 18.8 Å². The van der Waals surface area contributed by atoms with Crippen LogP contribution in [0, 0.1) is 11.8 Å². The molecule has 3 unspecified atom stereocenters. The van der Waals surface area contributed by atoms with E-state index < -0.39 is 0 Å². The lowest BCUT2D eigenvalue weighted by Crippen LogP contribution is -2.45. The number of hydrogen-bond donors (Lipinski definition) is 1. The molecule has 3 aromatic rings. The molecule has 1 aliphatic carbocycles. The molecule has 2 heterocycles. The van der Waals surface area contributed by atoms with Crippen molar-refractivity contribution >= 4 is 23.2 Å². The highest BCUT2D eigenvalue weighted by atomic mass is 16.5. The lowest BCUT2D eigenvalue weighted by Gasteiger charge is -2.34. The molecule has 180 valence electrons. The van der Waals surface area contributed by atoms with E-state index in [1.807, 2.05) is 60.7 Å². The predicted molar refractivity (Wildman–Crippen MR) is 135 cm³/mol. The number of nitrogens with zero attached hydrogens (tertiary/aromatic N) is 2. The van der Waals surface area contributed by atoms with Crippen LogP contribution < -0.4 is 19.7 Å². The van der Waals surface area contributed by atoms with Crippen LogP contribution >= 0.6 is 0 Å². The fourth-order valence-electron chi connectivity index (χ4n) is 4.41. The number of aromatic nitrogens is 1. The molecule has 7 heteroatoms. The van der Waals surface area contributed by atoms with Crippen LogP contribution in [0.4, 0.5) is 16.2 Å². The fourth-order valence-corrected chi connectivity index (χ4v) is 4.41. The Bertz CT molecular complexity index is 1210. The summed E-state index contributed by atoms with van der Waals surface area (Å²) in [4.78, 5) is 30.7. The predicted octanol–water partition coefficient (Wildman–Crippen LogP) is 5.56. The first-order chi connectivity index (χ1) is 17.0. The zero-order valence-corrected chi connectivity index (χ0v) is 19.9. The first-order valence-corrected chi connectivity index (χ1v) is 12.1. The van der Waals surface area contributed by atoms with Gasteiger partial charge in [0.1, 0.15) is 17.6 Å². The van der Waals surface area contributed by atoms with Crippen LogP contribution in [-0.2, 0) is 4.79 Å². The Morgan fingerprint density at radius 1 is 1.11 bits per heavy atom. The maximum Gasteiger partial charge on any atom is 0.326 e. The number of hydrogen-bond acceptors (Lipinski definition) is 5. The molecule has 0 spiro atoms. The first-order valence-electron chi connectivity index (χ1n) is 12.1. The average Bonchev–Trinajstić information content (AvgIpc) is 3.67. The third kappa shape index (κ3) is 5.14. The van der Waals surface area contributed by atoms with Gasteiger partial charge in [-0.3, -0.25) is 9.69 Å². The number of carbonyl (C=O) groups excluding carboxylic acids is 2. The van der Waals surface area contributed by atoms with Crippen LogP contribution in [0.2, 0.25) is 0 Å². The van der Waals surface area contributed by atoms with E-state index in [1.54, 1.807) is 18.0 Å². The Morgan fingerprint density at radius 2 is 1.91 bits per heavy atom. The maximum atomic E-state index is 13.1. The van der Waals surface area contributed by atoms with E-state index in [1.165, 1.54) is 0 Å². The van der Waals surface area contributed by atoms with Crippen molar-refractivity contribution in [1.82, 2.24) is 4.98 Å². The molecule has 0 bridgehead atoms. The highest BCUT2D eigenvalue weighted by molar-refractivity contribution is 6.03. The van der Waals surface area contributed by atoms with Gasteiger partial charge >= 0.3 is 6.03 Å². The van der Waals surface area contributed by atoms with Gasteiger partial charge in [0.2, 0.25) is 5.88 Å². The van der Waals surface area contributed by atoms with E-state index in [0.717, 1.165) is 35.3 Å². The summed E-state index contributed by atoms with van der Waals surface area (Å²) in [6.07, 6.45) is 3.38. The second-order valence-electron chi connectivity index (χ2n) is 9.15. The molecule has 0 saturated heterocycles. The quantitative estimate of drug-likeness (QED) is 0.488. The average molecular weight is 472 g/mol. The van der Waals surface area contributed by atoms with Gasteiger partial charge in [0, 0.05) is 35.3 Å². The third-order valence-electron chi connectivity index (χ3n) is 6.62. The SMILES string of the molecule is CCC1CN(C(=O)Nc2ccccc2)c2ccc(-c3ccc(OCC4CC4C(C)=O)nc3)cc2O1. The van der Waals surface area contributed by atoms with Crippen molar-refractivity contribution < 1.29 is 19.1 Å². The van der Waals surface area contributed by atoms with Crippen LogP contribution in [0.25, 0.3) is 11.1 Å². The molecule has 35 heavy (non-hydrogen) atoms. The van der Waals surface area contributed by atoms with Crippen LogP contribution in [-0.4, -0.2) is 36.1 Å². The van der Waals surface area contributed by atoms with Gasteiger partial charge in [-0.15, -0.1) is 0 Å². The number of amides is 2. The Balaban J connectivity index is 1.30. The molecule has 1 aliphatic heterocycles. The summed E-state index contributed by atoms with van der Waals surface area (Å²) >= 11 is 0. The number of anilines is 2. The number of pyridine rings is 1. The van der Waals surface area contributed by atoms with Gasteiger partial charge in [-0.25, -0.2) is 9.78 Å². The summed E-state index contributed by atoms with van der Waals surface area (Å²) in [5.41, 5.74) is 3.36. The van der Waals surface area contributed by atoms with Gasteiger partial charge in [0.15, 0.2) is 0 Å². The molecule has 1 N–H and O–H groups in total. The van der Waals surface area contributed by atoms with Crippen LogP contribution in [0.1, 0.15) is 26.7 Å². The topological polar surface area (TPSA) is 80.8 Å². The molecule has 1 saturated carbocycles. The van der Waals surface area contributed by atoms with Crippen molar-refractivity contribution in [3.05, 3.63) is 66.9 Å². The van der Waals surface area contributed by atoms with Gasteiger partial charge in [0.25, 0.3) is 0 Å². The van der Waals surface area contributed by atoms with Crippen molar-refractivity contribution in [2.75, 3.05) is 23.4 Å². The molecule has 5 rings (SSSR count). The molecule has 2 amide bonds. The number of rotatable bonds is 7. The monoisotopic (exact) mass is 471 g/mol. The summed E-state index contributed by atoms with van der Waals surface area (Å²) in [5.74, 6) is 1.91. The van der Waals surface area contributed by atoms with Gasteiger partial charge < -0.3 is 14.8 Å². The Morgan fingerprint density at radius 3 is 2.60 bits per heavy atom. The van der Waals surface area contributed by atoms with Crippen LogP contribution in [0.15, 0.2) is 66.9 Å². The summed E-state index contributed by atoms with van der Waals surface area (Å²) in [5, 5.41) is 2.97. The highest BCUT2D eigenvalue weighted by Crippen LogP contribution is 2.40. The minimum Gasteiger partial charge on any atom is -0.486 e. The maximum absolute atomic E-state index is 13.1. The number of para-hydroxylation sites is 1. The van der Waals surface area contributed by atoms with Crippen molar-refractivity contribution in [3.63, 3.8) is 0 Å². The normalized spacial score (nSPS) is 20.4. The molecule has 0 radical (unpaired) electrons. The van der Waals surface area contributed by atoms with Crippen molar-refractivity contribution in [2.45, 2.75) is 32.8 Å². The van der Waals surface area contributed by atoms with E-state index in [9.17, 15) is 9.59 Å². The number of ketones is 1. The Hall–Kier alpha value is -3.87. The number of benzene rings is 2. The van der Waals surface area contributed by atoms with E-state index in [2.05, 4.69) is 17.2 Å². The number of fused-ring (bicyclic) bond motifs is 1. The smallest absolute Gasteiger partial charge is 0.326 e. The lowest BCUT2D eigenvalue weighted by atomic mass is 10.0. The fraction of sp³-hybridized carbons (Fsp3) is 0.321.